The van der Waals surface area contributed by atoms with E-state index in [-0.39, 0.29) is 22.7 Å². The second kappa shape index (κ2) is 7.26. The summed E-state index contributed by atoms with van der Waals surface area (Å²) in [5.41, 5.74) is 1.63. The highest BCUT2D eigenvalue weighted by atomic mass is 16.3. The molecule has 1 unspecified atom stereocenters. The molecule has 0 radical (unpaired) electrons. The number of anilines is 1. The summed E-state index contributed by atoms with van der Waals surface area (Å²) in [6, 6.07) is 11.4. The predicted octanol–water partition coefficient (Wildman–Crippen LogP) is 4.15. The number of furan rings is 1. The van der Waals surface area contributed by atoms with Crippen molar-refractivity contribution >= 4 is 17.6 Å². The molecule has 1 N–H and O–H groups in total. The minimum Gasteiger partial charge on any atom is -0.503 e. The molecule has 1 aliphatic heterocycles. The lowest BCUT2D eigenvalue weighted by Crippen LogP contribution is -2.32. The molecule has 0 fully saturated rings. The van der Waals surface area contributed by atoms with Gasteiger partial charge >= 0.3 is 0 Å². The SMILES string of the molecule is CC(C)(C)c1ccc(C2C(C(=O)c3ccco3)=C(O)C(=O)N2c2ncccn2)cc1. The molecule has 1 atom stereocenters. The number of amides is 1. The van der Waals surface area contributed by atoms with Crippen LogP contribution in [0, 0.1) is 0 Å². The first kappa shape index (κ1) is 19.6. The average Bonchev–Trinajstić information content (AvgIpc) is 3.35. The fourth-order valence-corrected chi connectivity index (χ4v) is 3.48. The molecule has 7 nitrogen and oxygen atoms in total. The molecule has 0 aliphatic carbocycles. The summed E-state index contributed by atoms with van der Waals surface area (Å²) in [5.74, 6) is -1.79. The molecule has 30 heavy (non-hydrogen) atoms. The van der Waals surface area contributed by atoms with Crippen LogP contribution in [0.5, 0.6) is 0 Å². The Bertz CT molecular complexity index is 1110. The predicted molar refractivity (Wildman–Crippen MR) is 110 cm³/mol. The number of hydrogen-bond donors (Lipinski definition) is 1. The molecular formula is C23H21N3O4. The number of ketones is 1. The third kappa shape index (κ3) is 3.28. The van der Waals surface area contributed by atoms with Crippen LogP contribution in [0.1, 0.15) is 48.5 Å². The molecule has 0 saturated heterocycles. The van der Waals surface area contributed by atoms with Crippen molar-refractivity contribution in [2.45, 2.75) is 32.2 Å². The van der Waals surface area contributed by atoms with Gasteiger partial charge in [0.05, 0.1) is 17.9 Å². The van der Waals surface area contributed by atoms with Crippen LogP contribution in [-0.4, -0.2) is 26.8 Å². The van der Waals surface area contributed by atoms with Crippen LogP contribution in [0.4, 0.5) is 5.95 Å². The number of nitrogens with zero attached hydrogens (tertiary/aromatic N) is 3. The van der Waals surface area contributed by atoms with Gasteiger partial charge in [0.1, 0.15) is 0 Å². The smallest absolute Gasteiger partial charge is 0.296 e. The van der Waals surface area contributed by atoms with Gasteiger partial charge in [0.15, 0.2) is 11.5 Å². The Labute approximate surface area is 173 Å². The second-order valence-electron chi connectivity index (χ2n) is 8.07. The largest absolute Gasteiger partial charge is 0.503 e. The van der Waals surface area contributed by atoms with Crippen LogP contribution in [0.3, 0.4) is 0 Å². The van der Waals surface area contributed by atoms with Crippen LogP contribution >= 0.6 is 0 Å². The van der Waals surface area contributed by atoms with Crippen molar-refractivity contribution in [2.24, 2.45) is 0 Å². The molecular weight excluding hydrogens is 382 g/mol. The van der Waals surface area contributed by atoms with Crippen LogP contribution in [0.15, 0.2) is 76.9 Å². The number of carbonyl (C=O) groups is 2. The third-order valence-corrected chi connectivity index (χ3v) is 5.06. The first-order chi connectivity index (χ1) is 14.3. The third-order valence-electron chi connectivity index (χ3n) is 5.06. The Morgan fingerprint density at radius 2 is 1.73 bits per heavy atom. The van der Waals surface area contributed by atoms with Crippen molar-refractivity contribution in [3.05, 3.63) is 89.3 Å². The number of hydrogen-bond acceptors (Lipinski definition) is 6. The van der Waals surface area contributed by atoms with E-state index >= 15 is 0 Å². The van der Waals surface area contributed by atoms with Crippen LogP contribution in [-0.2, 0) is 10.2 Å². The van der Waals surface area contributed by atoms with Crippen molar-refractivity contribution in [3.8, 4) is 0 Å². The van der Waals surface area contributed by atoms with E-state index in [0.717, 1.165) is 5.56 Å². The van der Waals surface area contributed by atoms with Crippen molar-refractivity contribution in [2.75, 3.05) is 4.90 Å². The zero-order valence-corrected chi connectivity index (χ0v) is 16.9. The maximum absolute atomic E-state index is 13.1. The Morgan fingerprint density at radius 3 is 2.30 bits per heavy atom. The Hall–Kier alpha value is -3.74. The van der Waals surface area contributed by atoms with Gasteiger partial charge in [0, 0.05) is 12.4 Å². The first-order valence-electron chi connectivity index (χ1n) is 9.51. The fourth-order valence-electron chi connectivity index (χ4n) is 3.48. The van der Waals surface area contributed by atoms with Gasteiger partial charge in [-0.05, 0) is 34.7 Å². The lowest BCUT2D eigenvalue weighted by Gasteiger charge is -2.26. The summed E-state index contributed by atoms with van der Waals surface area (Å²) < 4.78 is 5.22. The number of rotatable bonds is 4. The van der Waals surface area contributed by atoms with E-state index in [4.69, 9.17) is 4.42 Å². The Balaban J connectivity index is 1.86. The van der Waals surface area contributed by atoms with Gasteiger partial charge in [-0.2, -0.15) is 0 Å². The van der Waals surface area contributed by atoms with E-state index in [1.807, 2.05) is 24.3 Å². The summed E-state index contributed by atoms with van der Waals surface area (Å²) in [7, 11) is 0. The number of aliphatic hydroxyl groups is 1. The van der Waals surface area contributed by atoms with Gasteiger partial charge in [-0.1, -0.05) is 45.0 Å². The zero-order valence-electron chi connectivity index (χ0n) is 16.9. The Kier molecular flexibility index (Phi) is 4.73. The molecule has 0 bridgehead atoms. The number of Topliss-reactive ketones (excluding diaryl/α,β-unsaturated/α-hetero) is 1. The minimum absolute atomic E-state index is 0.0384. The molecule has 7 heteroatoms. The highest BCUT2D eigenvalue weighted by Gasteiger charge is 2.46. The highest BCUT2D eigenvalue weighted by Crippen LogP contribution is 2.41. The van der Waals surface area contributed by atoms with Gasteiger partial charge in [-0.25, -0.2) is 9.97 Å². The second-order valence-corrected chi connectivity index (χ2v) is 8.07. The van der Waals surface area contributed by atoms with Crippen molar-refractivity contribution in [1.82, 2.24) is 9.97 Å². The van der Waals surface area contributed by atoms with Gasteiger partial charge in [-0.15, -0.1) is 0 Å². The van der Waals surface area contributed by atoms with E-state index in [1.165, 1.54) is 29.6 Å². The van der Waals surface area contributed by atoms with Crippen LogP contribution < -0.4 is 4.90 Å². The summed E-state index contributed by atoms with van der Waals surface area (Å²) >= 11 is 0. The van der Waals surface area contributed by atoms with Crippen molar-refractivity contribution < 1.29 is 19.1 Å². The Morgan fingerprint density at radius 1 is 1.07 bits per heavy atom. The monoisotopic (exact) mass is 403 g/mol. The van der Waals surface area contributed by atoms with Gasteiger partial charge in [-0.3, -0.25) is 14.5 Å². The van der Waals surface area contributed by atoms with Gasteiger partial charge in [0.25, 0.3) is 5.91 Å². The van der Waals surface area contributed by atoms with E-state index in [9.17, 15) is 14.7 Å². The molecule has 1 aliphatic rings. The maximum atomic E-state index is 13.1. The molecule has 1 aromatic carbocycles. The molecule has 4 rings (SSSR count). The minimum atomic E-state index is -0.883. The molecule has 152 valence electrons. The topological polar surface area (TPSA) is 96.5 Å². The lowest BCUT2D eigenvalue weighted by molar-refractivity contribution is -0.117. The van der Waals surface area contributed by atoms with E-state index in [0.29, 0.717) is 5.56 Å². The quantitative estimate of drug-likeness (QED) is 0.658. The van der Waals surface area contributed by atoms with E-state index in [1.54, 1.807) is 12.1 Å². The van der Waals surface area contributed by atoms with E-state index < -0.39 is 23.5 Å². The van der Waals surface area contributed by atoms with Crippen LogP contribution in [0.25, 0.3) is 0 Å². The molecule has 3 aromatic rings. The summed E-state index contributed by atoms with van der Waals surface area (Å²) in [6.45, 7) is 6.30. The zero-order chi connectivity index (χ0) is 21.5. The number of aromatic nitrogens is 2. The molecule has 2 aromatic heterocycles. The van der Waals surface area contributed by atoms with E-state index in [2.05, 4.69) is 30.7 Å². The number of benzene rings is 1. The summed E-state index contributed by atoms with van der Waals surface area (Å²) in [6.07, 6.45) is 4.37. The lowest BCUT2D eigenvalue weighted by atomic mass is 9.85. The normalized spacial score (nSPS) is 17.0. The molecule has 3 heterocycles. The standard InChI is InChI=1S/C23H21N3O4/c1-23(2,3)15-9-7-14(8-10-15)18-17(19(27)16-6-4-13-30-16)20(28)21(29)26(18)22-24-11-5-12-25-22/h4-13,18,28H,1-3H3. The van der Waals surface area contributed by atoms with Gasteiger partial charge in [0.2, 0.25) is 11.7 Å². The molecule has 0 saturated carbocycles. The molecule has 0 spiro atoms. The number of carbonyl (C=O) groups excluding carboxylic acids is 2. The van der Waals surface area contributed by atoms with Crippen LogP contribution in [0.2, 0.25) is 0 Å². The van der Waals surface area contributed by atoms with Crippen molar-refractivity contribution in [1.29, 1.82) is 0 Å². The number of aliphatic hydroxyl groups excluding tert-OH is 1. The first-order valence-corrected chi connectivity index (χ1v) is 9.51. The highest BCUT2D eigenvalue weighted by molar-refractivity contribution is 6.19. The maximum Gasteiger partial charge on any atom is 0.296 e. The average molecular weight is 403 g/mol. The van der Waals surface area contributed by atoms with Crippen molar-refractivity contribution in [3.63, 3.8) is 0 Å². The summed E-state index contributed by atoms with van der Waals surface area (Å²) in [5, 5.41) is 10.6. The fraction of sp³-hybridized carbons (Fsp3) is 0.217. The molecule has 1 amide bonds. The van der Waals surface area contributed by atoms with Gasteiger partial charge < -0.3 is 9.52 Å². The summed E-state index contributed by atoms with van der Waals surface area (Å²) in [4.78, 5) is 35.6.